The van der Waals surface area contributed by atoms with Gasteiger partial charge in [-0.05, 0) is 63.3 Å². The first kappa shape index (κ1) is 20.6. The summed E-state index contributed by atoms with van der Waals surface area (Å²) in [5.41, 5.74) is 4.32. The van der Waals surface area contributed by atoms with Gasteiger partial charge in [-0.1, -0.05) is 35.9 Å². The van der Waals surface area contributed by atoms with Gasteiger partial charge in [-0.15, -0.1) is 0 Å². The highest BCUT2D eigenvalue weighted by Crippen LogP contribution is 2.29. The highest BCUT2D eigenvalue weighted by Gasteiger charge is 2.34. The van der Waals surface area contributed by atoms with Crippen molar-refractivity contribution in [3.05, 3.63) is 58.7 Å². The normalized spacial score (nSPS) is 18.1. The van der Waals surface area contributed by atoms with E-state index in [0.717, 1.165) is 27.9 Å². The zero-order valence-electron chi connectivity index (χ0n) is 17.0. The molecule has 1 aliphatic heterocycles. The smallest absolute Gasteiger partial charge is 0.243 e. The first-order chi connectivity index (χ1) is 13.2. The van der Waals surface area contributed by atoms with E-state index in [0.29, 0.717) is 24.3 Å². The lowest BCUT2D eigenvalue weighted by Gasteiger charge is -2.32. The highest BCUT2D eigenvalue weighted by atomic mass is 32.2. The summed E-state index contributed by atoms with van der Waals surface area (Å²) < 4.78 is 28.1. The van der Waals surface area contributed by atoms with Crippen molar-refractivity contribution in [3.8, 4) is 0 Å². The van der Waals surface area contributed by atoms with E-state index in [4.69, 9.17) is 0 Å². The Kier molecular flexibility index (Phi) is 5.91. The van der Waals surface area contributed by atoms with Crippen LogP contribution < -0.4 is 5.32 Å². The van der Waals surface area contributed by atoms with Crippen LogP contribution in [0.2, 0.25) is 0 Å². The summed E-state index contributed by atoms with van der Waals surface area (Å²) in [7, 11) is -3.63. The van der Waals surface area contributed by atoms with Gasteiger partial charge in [0.1, 0.15) is 0 Å². The lowest BCUT2D eigenvalue weighted by Crippen LogP contribution is -2.44. The van der Waals surface area contributed by atoms with Gasteiger partial charge in [0.05, 0.1) is 10.8 Å². The van der Waals surface area contributed by atoms with Crippen molar-refractivity contribution in [1.29, 1.82) is 0 Å². The van der Waals surface area contributed by atoms with E-state index in [-0.39, 0.29) is 18.4 Å². The van der Waals surface area contributed by atoms with Crippen LogP contribution in [0, 0.1) is 33.6 Å². The molecule has 0 bridgehead atoms. The predicted octanol–water partition coefficient (Wildman–Crippen LogP) is 3.96. The van der Waals surface area contributed by atoms with Crippen molar-refractivity contribution in [2.24, 2.45) is 5.92 Å². The molecule has 0 aromatic heterocycles. The Hall–Kier alpha value is -2.18. The Morgan fingerprint density at radius 2 is 1.68 bits per heavy atom. The number of piperidine rings is 1. The van der Waals surface area contributed by atoms with Crippen LogP contribution in [0.4, 0.5) is 5.69 Å². The lowest BCUT2D eigenvalue weighted by molar-refractivity contribution is -0.120. The molecule has 1 atom stereocenters. The highest BCUT2D eigenvalue weighted by molar-refractivity contribution is 7.89. The van der Waals surface area contributed by atoms with E-state index in [9.17, 15) is 13.2 Å². The number of hydrogen-bond donors (Lipinski definition) is 1. The third-order valence-electron chi connectivity index (χ3n) is 5.36. The van der Waals surface area contributed by atoms with Gasteiger partial charge in [0, 0.05) is 18.8 Å². The van der Waals surface area contributed by atoms with Gasteiger partial charge >= 0.3 is 0 Å². The van der Waals surface area contributed by atoms with Gasteiger partial charge < -0.3 is 5.32 Å². The van der Waals surface area contributed by atoms with E-state index in [1.54, 1.807) is 0 Å². The summed E-state index contributed by atoms with van der Waals surface area (Å²) in [6, 6.07) is 11.4. The van der Waals surface area contributed by atoms with Crippen molar-refractivity contribution in [1.82, 2.24) is 4.31 Å². The number of para-hydroxylation sites is 1. The van der Waals surface area contributed by atoms with E-state index < -0.39 is 10.0 Å². The zero-order valence-corrected chi connectivity index (χ0v) is 17.8. The number of sulfonamides is 1. The SMILES string of the molecule is Cc1cc(C)c(S(=O)(=O)N2CCCC(C(=O)Nc3ccccc3C)C2)c(C)c1. The molecule has 2 aromatic carbocycles. The molecular weight excluding hydrogens is 372 g/mol. The molecule has 6 heteroatoms. The summed E-state index contributed by atoms with van der Waals surface area (Å²) in [6.07, 6.45) is 1.37. The van der Waals surface area contributed by atoms with Crippen LogP contribution >= 0.6 is 0 Å². The molecule has 0 saturated carbocycles. The van der Waals surface area contributed by atoms with Gasteiger partial charge in [-0.3, -0.25) is 4.79 Å². The molecule has 5 nitrogen and oxygen atoms in total. The maximum atomic E-state index is 13.3. The molecule has 1 unspecified atom stereocenters. The van der Waals surface area contributed by atoms with Crippen LogP contribution in [0.25, 0.3) is 0 Å². The quantitative estimate of drug-likeness (QED) is 0.845. The molecule has 0 spiro atoms. The van der Waals surface area contributed by atoms with E-state index >= 15 is 0 Å². The molecule has 3 rings (SSSR count). The van der Waals surface area contributed by atoms with Crippen molar-refractivity contribution in [2.45, 2.75) is 45.4 Å². The topological polar surface area (TPSA) is 66.5 Å². The molecule has 1 fully saturated rings. The monoisotopic (exact) mass is 400 g/mol. The number of nitrogens with one attached hydrogen (secondary N) is 1. The lowest BCUT2D eigenvalue weighted by atomic mass is 9.98. The number of amides is 1. The standard InChI is InChI=1S/C22H28N2O3S/c1-15-12-17(3)21(18(4)13-15)28(26,27)24-11-7-9-19(14-24)22(25)23-20-10-6-5-8-16(20)2/h5-6,8,10,12-13,19H,7,9,11,14H2,1-4H3,(H,23,25). The number of rotatable bonds is 4. The second-order valence-corrected chi connectivity index (χ2v) is 9.61. The molecule has 1 saturated heterocycles. The number of nitrogens with zero attached hydrogens (tertiary/aromatic N) is 1. The first-order valence-corrected chi connectivity index (χ1v) is 11.1. The molecule has 1 N–H and O–H groups in total. The number of anilines is 1. The maximum Gasteiger partial charge on any atom is 0.243 e. The van der Waals surface area contributed by atoms with Gasteiger partial charge in [0.15, 0.2) is 0 Å². The minimum absolute atomic E-state index is 0.119. The Labute approximate surface area is 167 Å². The van der Waals surface area contributed by atoms with E-state index in [1.807, 2.05) is 64.1 Å². The van der Waals surface area contributed by atoms with E-state index in [1.165, 1.54) is 4.31 Å². The fourth-order valence-corrected chi connectivity index (χ4v) is 5.96. The molecule has 0 aliphatic carbocycles. The van der Waals surface area contributed by atoms with Crippen molar-refractivity contribution < 1.29 is 13.2 Å². The second-order valence-electron chi connectivity index (χ2n) is 7.73. The Morgan fingerprint density at radius 1 is 1.04 bits per heavy atom. The van der Waals surface area contributed by atoms with Gasteiger partial charge in [0.25, 0.3) is 0 Å². The molecule has 1 aliphatic rings. The number of carbonyl (C=O) groups is 1. The Morgan fingerprint density at radius 3 is 2.32 bits per heavy atom. The molecule has 2 aromatic rings. The number of hydrogen-bond acceptors (Lipinski definition) is 3. The molecule has 1 heterocycles. The summed E-state index contributed by atoms with van der Waals surface area (Å²) in [4.78, 5) is 13.1. The molecule has 28 heavy (non-hydrogen) atoms. The van der Waals surface area contributed by atoms with Crippen molar-refractivity contribution in [3.63, 3.8) is 0 Å². The fourth-order valence-electron chi connectivity index (χ4n) is 4.03. The minimum atomic E-state index is -3.63. The summed E-state index contributed by atoms with van der Waals surface area (Å²) in [5, 5.41) is 2.96. The summed E-state index contributed by atoms with van der Waals surface area (Å²) in [5.74, 6) is -0.472. The number of aryl methyl sites for hydroxylation is 4. The van der Waals surface area contributed by atoms with Crippen molar-refractivity contribution in [2.75, 3.05) is 18.4 Å². The second kappa shape index (κ2) is 8.05. The van der Waals surface area contributed by atoms with Crippen LogP contribution in [0.15, 0.2) is 41.3 Å². The van der Waals surface area contributed by atoms with Gasteiger partial charge in [-0.2, -0.15) is 4.31 Å². The van der Waals surface area contributed by atoms with Gasteiger partial charge in [0.2, 0.25) is 15.9 Å². The van der Waals surface area contributed by atoms with Crippen LogP contribution in [0.3, 0.4) is 0 Å². The fraction of sp³-hybridized carbons (Fsp3) is 0.409. The maximum absolute atomic E-state index is 13.3. The van der Waals surface area contributed by atoms with Crippen LogP contribution in [0.1, 0.15) is 35.1 Å². The average Bonchev–Trinajstić information content (AvgIpc) is 2.62. The molecule has 150 valence electrons. The van der Waals surface area contributed by atoms with Crippen LogP contribution in [0.5, 0.6) is 0 Å². The molecule has 0 radical (unpaired) electrons. The number of carbonyl (C=O) groups excluding carboxylic acids is 1. The number of benzene rings is 2. The third-order valence-corrected chi connectivity index (χ3v) is 7.53. The molecule has 1 amide bonds. The Bertz CT molecular complexity index is 976. The predicted molar refractivity (Wildman–Crippen MR) is 112 cm³/mol. The summed E-state index contributed by atoms with van der Waals surface area (Å²) in [6.45, 7) is 8.23. The zero-order chi connectivity index (χ0) is 20.5. The summed E-state index contributed by atoms with van der Waals surface area (Å²) >= 11 is 0. The first-order valence-electron chi connectivity index (χ1n) is 9.64. The van der Waals surface area contributed by atoms with Crippen LogP contribution in [-0.2, 0) is 14.8 Å². The molecular formula is C22H28N2O3S. The third kappa shape index (κ3) is 4.13. The van der Waals surface area contributed by atoms with Gasteiger partial charge in [-0.25, -0.2) is 8.42 Å². The Balaban J connectivity index is 1.81. The minimum Gasteiger partial charge on any atom is -0.326 e. The van der Waals surface area contributed by atoms with Crippen LogP contribution in [-0.4, -0.2) is 31.7 Å². The van der Waals surface area contributed by atoms with Crippen molar-refractivity contribution >= 4 is 21.6 Å². The largest absolute Gasteiger partial charge is 0.326 e. The van der Waals surface area contributed by atoms with E-state index in [2.05, 4.69) is 5.32 Å². The average molecular weight is 401 g/mol.